The lowest BCUT2D eigenvalue weighted by molar-refractivity contribution is -0.137. The van der Waals surface area contributed by atoms with Crippen molar-refractivity contribution in [3.63, 3.8) is 0 Å². The second-order valence-electron chi connectivity index (χ2n) is 8.69. The largest absolute Gasteiger partial charge is 0.416 e. The number of hydrogen-bond acceptors (Lipinski definition) is 4. The lowest BCUT2D eigenvalue weighted by atomic mass is 9.97. The van der Waals surface area contributed by atoms with Gasteiger partial charge in [-0.3, -0.25) is 9.80 Å². The van der Waals surface area contributed by atoms with Crippen LogP contribution in [-0.4, -0.2) is 77.3 Å². The Kier molecular flexibility index (Phi) is 7.59. The van der Waals surface area contributed by atoms with E-state index in [2.05, 4.69) is 28.5 Å². The Balaban J connectivity index is 1.57. The zero-order chi connectivity index (χ0) is 21.0. The van der Waals surface area contributed by atoms with Crippen LogP contribution < -0.4 is 0 Å². The molecule has 29 heavy (non-hydrogen) atoms. The molecule has 2 aliphatic rings. The minimum Gasteiger partial charge on any atom is -0.396 e. The molecule has 0 bridgehead atoms. The van der Waals surface area contributed by atoms with E-state index in [1.54, 1.807) is 12.1 Å². The quantitative estimate of drug-likeness (QED) is 0.774. The normalized spacial score (nSPS) is 23.8. The lowest BCUT2D eigenvalue weighted by Gasteiger charge is -2.48. The highest BCUT2D eigenvalue weighted by Gasteiger charge is 2.34. The summed E-state index contributed by atoms with van der Waals surface area (Å²) in [5.41, 5.74) is 0.302. The van der Waals surface area contributed by atoms with E-state index in [1.807, 2.05) is 0 Å². The predicted octanol–water partition coefficient (Wildman–Crippen LogP) is 3.45. The Hall–Kier alpha value is -1.15. The van der Waals surface area contributed by atoms with Crippen LogP contribution in [0.25, 0.3) is 0 Å². The fourth-order valence-electron chi connectivity index (χ4n) is 4.76. The van der Waals surface area contributed by atoms with Gasteiger partial charge in [0.2, 0.25) is 0 Å². The van der Waals surface area contributed by atoms with E-state index in [0.29, 0.717) is 24.7 Å². The molecule has 0 aromatic heterocycles. The minimum atomic E-state index is -4.29. The smallest absolute Gasteiger partial charge is 0.396 e. The van der Waals surface area contributed by atoms with Crippen molar-refractivity contribution in [2.24, 2.45) is 0 Å². The molecule has 7 heteroatoms. The molecule has 0 amide bonds. The summed E-state index contributed by atoms with van der Waals surface area (Å²) in [6.07, 6.45) is -1.21. The molecule has 0 saturated carbocycles. The van der Waals surface area contributed by atoms with E-state index in [1.165, 1.54) is 25.0 Å². The average Bonchev–Trinajstić information content (AvgIpc) is 2.68. The maximum absolute atomic E-state index is 12.8. The molecule has 0 spiro atoms. The number of likely N-dealkylation sites (tertiary alicyclic amines) is 1. The van der Waals surface area contributed by atoms with Crippen molar-refractivity contribution in [2.45, 2.75) is 64.0 Å². The van der Waals surface area contributed by atoms with Crippen molar-refractivity contribution in [3.05, 3.63) is 35.4 Å². The lowest BCUT2D eigenvalue weighted by Crippen LogP contribution is -2.58. The third-order valence-corrected chi connectivity index (χ3v) is 6.46. The number of nitrogens with zero attached hydrogens (tertiary/aromatic N) is 3. The zero-order valence-electron chi connectivity index (χ0n) is 17.5. The molecule has 2 saturated heterocycles. The third-order valence-electron chi connectivity index (χ3n) is 6.46. The summed E-state index contributed by atoms with van der Waals surface area (Å²) >= 11 is 0. The highest BCUT2D eigenvalue weighted by Crippen LogP contribution is 2.30. The SMILES string of the molecule is CC(C)N1CCC(N2CCN(Cc3ccc(C(F)(F)F)cc3)C[C@@H]2CCO)CC1. The molecule has 2 aliphatic heterocycles. The second kappa shape index (κ2) is 9.77. The molecular weight excluding hydrogens is 379 g/mol. The van der Waals surface area contributed by atoms with Crippen LogP contribution in [0.5, 0.6) is 0 Å². The van der Waals surface area contributed by atoms with Crippen molar-refractivity contribution in [1.29, 1.82) is 0 Å². The molecule has 0 radical (unpaired) electrons. The van der Waals surface area contributed by atoms with Gasteiger partial charge in [0.05, 0.1) is 5.56 Å². The topological polar surface area (TPSA) is 30.0 Å². The van der Waals surface area contributed by atoms with E-state index in [4.69, 9.17) is 0 Å². The van der Waals surface area contributed by atoms with Crippen LogP contribution >= 0.6 is 0 Å². The van der Waals surface area contributed by atoms with Gasteiger partial charge in [-0.25, -0.2) is 0 Å². The minimum absolute atomic E-state index is 0.167. The molecule has 3 rings (SSSR count). The number of hydrogen-bond donors (Lipinski definition) is 1. The number of halogens is 3. The number of aliphatic hydroxyl groups excluding tert-OH is 1. The Labute approximate surface area is 172 Å². The third kappa shape index (κ3) is 5.94. The number of benzene rings is 1. The zero-order valence-corrected chi connectivity index (χ0v) is 17.5. The Morgan fingerprint density at radius 1 is 1.03 bits per heavy atom. The summed E-state index contributed by atoms with van der Waals surface area (Å²) in [5.74, 6) is 0. The molecule has 1 aromatic rings. The first-order valence-corrected chi connectivity index (χ1v) is 10.8. The summed E-state index contributed by atoms with van der Waals surface area (Å²) in [4.78, 5) is 7.41. The van der Waals surface area contributed by atoms with Gasteiger partial charge in [0.1, 0.15) is 0 Å². The number of aliphatic hydroxyl groups is 1. The first kappa shape index (κ1) is 22.5. The highest BCUT2D eigenvalue weighted by molar-refractivity contribution is 5.24. The van der Waals surface area contributed by atoms with Crippen LogP contribution in [-0.2, 0) is 12.7 Å². The molecule has 1 atom stereocenters. The van der Waals surface area contributed by atoms with E-state index in [9.17, 15) is 18.3 Å². The fraction of sp³-hybridized carbons (Fsp3) is 0.727. The van der Waals surface area contributed by atoms with Gasteiger partial charge in [0.15, 0.2) is 0 Å². The van der Waals surface area contributed by atoms with E-state index in [0.717, 1.165) is 44.7 Å². The van der Waals surface area contributed by atoms with Crippen LogP contribution in [0.1, 0.15) is 44.2 Å². The maximum atomic E-state index is 12.8. The van der Waals surface area contributed by atoms with Crippen molar-refractivity contribution in [3.8, 4) is 0 Å². The standard InChI is InChI=1S/C22H34F3N3O/c1-17(2)27-10-7-20(8-11-27)28-13-12-26(16-21(28)9-14-29)15-18-3-5-19(6-4-18)22(23,24)25/h3-6,17,20-21,29H,7-16H2,1-2H3/t21-/m0/s1. The first-order valence-electron chi connectivity index (χ1n) is 10.8. The molecule has 0 aliphatic carbocycles. The molecule has 2 heterocycles. The van der Waals surface area contributed by atoms with Crippen molar-refractivity contribution >= 4 is 0 Å². The Morgan fingerprint density at radius 3 is 2.24 bits per heavy atom. The van der Waals surface area contributed by atoms with Gasteiger partial charge in [-0.1, -0.05) is 12.1 Å². The molecule has 4 nitrogen and oxygen atoms in total. The Morgan fingerprint density at radius 2 is 1.69 bits per heavy atom. The van der Waals surface area contributed by atoms with Crippen LogP contribution in [0.3, 0.4) is 0 Å². The number of alkyl halides is 3. The number of piperazine rings is 1. The van der Waals surface area contributed by atoms with Crippen molar-refractivity contribution < 1.29 is 18.3 Å². The van der Waals surface area contributed by atoms with Crippen LogP contribution in [0.15, 0.2) is 24.3 Å². The van der Waals surface area contributed by atoms with Crippen LogP contribution in [0.2, 0.25) is 0 Å². The highest BCUT2D eigenvalue weighted by atomic mass is 19.4. The van der Waals surface area contributed by atoms with E-state index >= 15 is 0 Å². The summed E-state index contributed by atoms with van der Waals surface area (Å²) in [5, 5.41) is 9.57. The van der Waals surface area contributed by atoms with Crippen molar-refractivity contribution in [2.75, 3.05) is 39.3 Å². The molecule has 1 N–H and O–H groups in total. The summed E-state index contributed by atoms with van der Waals surface area (Å²) in [6, 6.07) is 6.95. The number of piperidine rings is 1. The van der Waals surface area contributed by atoms with Gasteiger partial charge in [-0.15, -0.1) is 0 Å². The monoisotopic (exact) mass is 413 g/mol. The maximum Gasteiger partial charge on any atom is 0.416 e. The average molecular weight is 414 g/mol. The van der Waals surface area contributed by atoms with Gasteiger partial charge in [-0.05, 0) is 63.9 Å². The van der Waals surface area contributed by atoms with Gasteiger partial charge in [-0.2, -0.15) is 13.2 Å². The first-order chi connectivity index (χ1) is 13.8. The van der Waals surface area contributed by atoms with E-state index < -0.39 is 11.7 Å². The van der Waals surface area contributed by atoms with Gasteiger partial charge < -0.3 is 10.0 Å². The van der Waals surface area contributed by atoms with Gasteiger partial charge >= 0.3 is 6.18 Å². The number of rotatable bonds is 6. The summed E-state index contributed by atoms with van der Waals surface area (Å²) in [6.45, 7) is 10.3. The molecule has 2 fully saturated rings. The van der Waals surface area contributed by atoms with Gasteiger partial charge in [0, 0.05) is 50.9 Å². The Bertz CT molecular complexity index is 627. The predicted molar refractivity (Wildman–Crippen MR) is 109 cm³/mol. The molecular formula is C22H34F3N3O. The van der Waals surface area contributed by atoms with Gasteiger partial charge in [0.25, 0.3) is 0 Å². The summed E-state index contributed by atoms with van der Waals surface area (Å²) < 4.78 is 38.3. The second-order valence-corrected chi connectivity index (χ2v) is 8.69. The molecule has 164 valence electrons. The molecule has 0 unspecified atom stereocenters. The summed E-state index contributed by atoms with van der Waals surface area (Å²) in [7, 11) is 0. The van der Waals surface area contributed by atoms with Crippen LogP contribution in [0.4, 0.5) is 13.2 Å². The molecule has 1 aromatic carbocycles. The van der Waals surface area contributed by atoms with Crippen LogP contribution in [0, 0.1) is 0 Å². The van der Waals surface area contributed by atoms with E-state index in [-0.39, 0.29) is 6.61 Å². The van der Waals surface area contributed by atoms with Crippen molar-refractivity contribution in [1.82, 2.24) is 14.7 Å². The fourth-order valence-corrected chi connectivity index (χ4v) is 4.76.